The molecule has 30 heteroatoms. The minimum Gasteiger partial charge on any atom is -0.487 e. The summed E-state index contributed by atoms with van der Waals surface area (Å²) >= 11 is 0. The minimum atomic E-state index is -1.52. The minimum absolute atomic E-state index is 0.0385. The van der Waals surface area contributed by atoms with Crippen molar-refractivity contribution < 1.29 is 67.6 Å². The third kappa shape index (κ3) is 20.4. The van der Waals surface area contributed by atoms with Gasteiger partial charge in [0.05, 0.1) is 36.6 Å². The number of nitrogens with zero attached hydrogens (tertiary/aromatic N) is 8. The Bertz CT molecular complexity index is 4330. The summed E-state index contributed by atoms with van der Waals surface area (Å²) in [6, 6.07) is 33.7. The van der Waals surface area contributed by atoms with Gasteiger partial charge in [0.2, 0.25) is 47.3 Å². The molecule has 0 spiro atoms. The molecule has 0 radical (unpaired) electrons. The molecule has 12 atom stereocenters. The Hall–Kier alpha value is -12.2. The normalized spacial score (nSPS) is 21.1. The van der Waals surface area contributed by atoms with E-state index in [4.69, 9.17) is 9.47 Å². The fourth-order valence-electron chi connectivity index (χ4n) is 13.8. The number of carbonyl (C=O) groups is 10. The van der Waals surface area contributed by atoms with E-state index in [-0.39, 0.29) is 64.8 Å². The van der Waals surface area contributed by atoms with Crippen molar-refractivity contribution in [3.8, 4) is 33.8 Å². The van der Waals surface area contributed by atoms with E-state index in [2.05, 4.69) is 63.2 Å². The number of nitrogens with one attached hydrogen (secondary N) is 8. The van der Waals surface area contributed by atoms with Crippen molar-refractivity contribution in [1.29, 1.82) is 0 Å². The van der Waals surface area contributed by atoms with Crippen LogP contribution in [0.25, 0.3) is 22.3 Å². The molecule has 2 aromatic heterocycles. The highest BCUT2D eigenvalue weighted by Gasteiger charge is 2.47. The van der Waals surface area contributed by atoms with E-state index >= 15 is 19.2 Å². The van der Waals surface area contributed by atoms with E-state index in [0.717, 1.165) is 22.3 Å². The van der Waals surface area contributed by atoms with E-state index in [1.807, 2.05) is 109 Å². The number of rotatable bonds is 18. The maximum absolute atomic E-state index is 15.2. The van der Waals surface area contributed by atoms with Gasteiger partial charge in [-0.3, -0.25) is 38.4 Å². The quantitative estimate of drug-likeness (QED) is 0.0564. The van der Waals surface area contributed by atoms with Crippen molar-refractivity contribution in [2.45, 2.75) is 166 Å². The topological polar surface area (TPSA) is 394 Å². The molecule has 6 aliphatic heterocycles. The number of carboxylic acid groups (broad SMARTS) is 2. The Morgan fingerprint density at radius 2 is 0.812 bits per heavy atom. The van der Waals surface area contributed by atoms with Crippen LogP contribution in [-0.4, -0.2) is 197 Å². The summed E-state index contributed by atoms with van der Waals surface area (Å²) in [4.78, 5) is 146. The fourth-order valence-corrected chi connectivity index (χ4v) is 13.8. The first kappa shape index (κ1) is 80.8. The number of carbonyl (C=O) groups excluding carboxylic acids is 8. The Morgan fingerprint density at radius 3 is 1.14 bits per heavy atom. The van der Waals surface area contributed by atoms with Gasteiger partial charge in [0.15, 0.2) is 0 Å². The molecule has 0 unspecified atom stereocenters. The van der Waals surface area contributed by atoms with Crippen LogP contribution in [0, 0.1) is 11.8 Å². The number of aromatic nitrogens is 6. The number of carboxylic acids is 2. The molecule has 6 aliphatic rings. The summed E-state index contributed by atoms with van der Waals surface area (Å²) in [5.41, 5.74) is 6.56. The molecule has 30 nitrogen and oxygen atoms in total. The summed E-state index contributed by atoms with van der Waals surface area (Å²) in [5, 5.41) is 61.8. The van der Waals surface area contributed by atoms with Crippen LogP contribution < -0.4 is 52.0 Å². The summed E-state index contributed by atoms with van der Waals surface area (Å²) in [7, 11) is 3.22. The number of ether oxygens (including phenoxy) is 2. The third-order valence-corrected chi connectivity index (χ3v) is 20.7. The monoisotopic (exact) mass is 1530 g/mol. The molecule has 588 valence electrons. The zero-order chi connectivity index (χ0) is 79.9. The van der Waals surface area contributed by atoms with Crippen molar-refractivity contribution in [2.75, 3.05) is 27.2 Å². The van der Waals surface area contributed by atoms with Gasteiger partial charge in [-0.1, -0.05) is 172 Å². The first-order chi connectivity index (χ1) is 53.8. The van der Waals surface area contributed by atoms with Gasteiger partial charge in [-0.2, -0.15) is 0 Å². The van der Waals surface area contributed by atoms with Crippen molar-refractivity contribution in [3.05, 3.63) is 204 Å². The Kier molecular flexibility index (Phi) is 26.7. The maximum atomic E-state index is 15.2. The SMILES string of the molecule is CN[C@@H](C)C(=O)N[C@H](C(=O)N1C[C@@H]2C[C@H]1C(=O)N[C@@H](Cc1ccc(-c3ccccc3)cc1)C(=O)N[C@H](C(=O)O)Cc1ccc(cc1)OCc1cn(nn1)[C@H]1C[C@@H](C(=O)N[C@@H](Cc3ccc(-c4ccccc4)cc3)C(=O)N[C@H](C(=O)O)Cc3ccc(cc3)OCc3cn2nn3)N(C(=O)[C@@H](NC(=O)[C@H](C)NC)C(C)C)C1)C(C)C. The van der Waals surface area contributed by atoms with Gasteiger partial charge in [0, 0.05) is 51.6 Å². The number of likely N-dealkylation sites (tertiary alicyclic amines) is 2. The second-order valence-electron chi connectivity index (χ2n) is 29.4. The van der Waals surface area contributed by atoms with Gasteiger partial charge in [-0.25, -0.2) is 19.0 Å². The van der Waals surface area contributed by atoms with Gasteiger partial charge < -0.3 is 72.0 Å². The standard InChI is InChI=1S/C82H96N16O14/c1-47(2)71(89-73(99)49(5)83-7)79(105)95-43-61-39-69(95)77(103)85-65(35-51-19-27-57(28-20-51)55-15-11-9-12-16-55)75(101)87-67(81(107)108)37-53-25-33-64(34-26-53)112-46-60-42-98(94-92-60)62-40-70(96(44-62)80(106)72(48(3)4)90-74(100)50(6)84-8)78(104)86-66(36-52-21-29-58(30-22-52)56-17-13-10-14-18-56)76(102)88-68(82(109)110)38-54-23-31-63(32-24-54)111-45-59-41-97(61)93-91-59/h9-34,41-42,47-50,61-62,65-72,83-84H,35-40,43-46H2,1-8H3,(H,85,103)(H,86,104)(H,87,101)(H,88,102)(H,89,99)(H,90,100)(H,107,108)(H,109,110)/t49-,50-,61-,62-,65-,66-,67-,68-,69-,70-,71-,72-/m0/s1. The second-order valence-corrected chi connectivity index (χ2v) is 29.4. The van der Waals surface area contributed by atoms with Crippen molar-refractivity contribution >= 4 is 59.2 Å². The Morgan fingerprint density at radius 1 is 0.464 bits per heavy atom. The summed E-state index contributed by atoms with van der Waals surface area (Å²) in [6.07, 6.45) is 2.51. The zero-order valence-corrected chi connectivity index (χ0v) is 63.7. The first-order valence-corrected chi connectivity index (χ1v) is 37.6. The summed E-state index contributed by atoms with van der Waals surface area (Å²) < 4.78 is 15.4. The van der Waals surface area contributed by atoms with E-state index in [0.29, 0.717) is 45.1 Å². The largest absolute Gasteiger partial charge is 0.487 e. The third-order valence-electron chi connectivity index (χ3n) is 20.7. The number of aliphatic carboxylic acids is 2. The van der Waals surface area contributed by atoms with E-state index in [1.165, 1.54) is 19.2 Å². The molecule has 8 amide bonds. The summed E-state index contributed by atoms with van der Waals surface area (Å²) in [6.45, 7) is 9.90. The molecule has 2 saturated heterocycles. The lowest BCUT2D eigenvalue weighted by molar-refractivity contribution is -0.144. The lowest BCUT2D eigenvalue weighted by Gasteiger charge is -2.32. The second kappa shape index (κ2) is 37.0. The molecule has 8 aromatic rings. The number of hydrogen-bond donors (Lipinski definition) is 10. The van der Waals surface area contributed by atoms with Crippen LogP contribution in [-0.2, 0) is 86.8 Å². The van der Waals surface area contributed by atoms with Gasteiger partial charge in [0.1, 0.15) is 84.4 Å². The predicted octanol–water partition coefficient (Wildman–Crippen LogP) is 4.54. The lowest BCUT2D eigenvalue weighted by atomic mass is 9.99. The van der Waals surface area contributed by atoms with Crippen LogP contribution in [0.5, 0.6) is 11.5 Å². The maximum Gasteiger partial charge on any atom is 0.326 e. The van der Waals surface area contributed by atoms with E-state index in [1.54, 1.807) is 117 Å². The molecule has 0 saturated carbocycles. The predicted molar refractivity (Wildman–Crippen MR) is 412 cm³/mol. The van der Waals surface area contributed by atoms with Gasteiger partial charge in [-0.05, 0) is 109 Å². The average molecular weight is 1530 g/mol. The van der Waals surface area contributed by atoms with Gasteiger partial charge >= 0.3 is 11.9 Å². The first-order valence-electron chi connectivity index (χ1n) is 37.6. The fraction of sp³-hybridized carbons (Fsp3) is 0.390. The Balaban J connectivity index is 0.912. The average Bonchev–Trinajstić information content (AvgIpc) is 1.63. The van der Waals surface area contributed by atoms with Gasteiger partial charge in [0.25, 0.3) is 0 Å². The van der Waals surface area contributed by atoms with E-state index < -0.39 is 144 Å². The molecular weight excluding hydrogens is 1430 g/mol. The van der Waals surface area contributed by atoms with Crippen LogP contribution in [0.3, 0.4) is 0 Å². The molecule has 8 heterocycles. The van der Waals surface area contributed by atoms with Crippen LogP contribution in [0.4, 0.5) is 0 Å². The van der Waals surface area contributed by atoms with Crippen LogP contribution >= 0.6 is 0 Å². The molecular formula is C82H96N16O14. The number of amides is 8. The molecule has 112 heavy (non-hydrogen) atoms. The van der Waals surface area contributed by atoms with Crippen molar-refractivity contribution in [1.82, 2.24) is 82.3 Å². The molecule has 10 N–H and O–H groups in total. The van der Waals surface area contributed by atoms with Crippen LogP contribution in [0.2, 0.25) is 0 Å². The molecule has 2 fully saturated rings. The van der Waals surface area contributed by atoms with Crippen molar-refractivity contribution in [2.24, 2.45) is 11.8 Å². The molecule has 12 bridgehead atoms. The molecule has 14 rings (SSSR count). The number of hydrogen-bond acceptors (Lipinski definition) is 18. The highest BCUT2D eigenvalue weighted by molar-refractivity contribution is 5.98. The highest BCUT2D eigenvalue weighted by atomic mass is 16.5. The van der Waals surface area contributed by atoms with Crippen LogP contribution in [0.15, 0.2) is 170 Å². The zero-order valence-electron chi connectivity index (χ0n) is 63.7. The van der Waals surface area contributed by atoms with Crippen molar-refractivity contribution in [3.63, 3.8) is 0 Å². The molecule has 0 aliphatic carbocycles. The van der Waals surface area contributed by atoms with Gasteiger partial charge in [-0.15, -0.1) is 10.2 Å². The van der Waals surface area contributed by atoms with E-state index in [9.17, 15) is 39.0 Å². The highest BCUT2D eigenvalue weighted by Crippen LogP contribution is 2.33. The molecule has 6 aromatic carbocycles. The smallest absolute Gasteiger partial charge is 0.326 e. The Labute approximate surface area is 648 Å². The summed E-state index contributed by atoms with van der Waals surface area (Å²) in [5.74, 6) is -8.14. The lowest BCUT2D eigenvalue weighted by Crippen LogP contribution is -2.59. The number of likely N-dealkylation sites (N-methyl/N-ethyl adjacent to an activating group) is 2. The number of benzene rings is 6. The van der Waals surface area contributed by atoms with Crippen LogP contribution in [0.1, 0.15) is 100 Å².